The molecule has 19 heavy (non-hydrogen) atoms. The predicted molar refractivity (Wildman–Crippen MR) is 74.5 cm³/mol. The zero-order valence-electron chi connectivity index (χ0n) is 10.2. The average molecular weight is 340 g/mol. The minimum atomic E-state index is -1.01. The van der Waals surface area contributed by atoms with Gasteiger partial charge >= 0.3 is 5.97 Å². The third-order valence-electron chi connectivity index (χ3n) is 2.55. The summed E-state index contributed by atoms with van der Waals surface area (Å²) >= 11 is 4.55. The van der Waals surface area contributed by atoms with Crippen molar-refractivity contribution in [2.45, 2.75) is 23.9 Å². The number of hydrogen-bond acceptors (Lipinski definition) is 5. The van der Waals surface area contributed by atoms with E-state index in [1.165, 1.54) is 11.8 Å². The van der Waals surface area contributed by atoms with E-state index in [4.69, 9.17) is 0 Å². The number of aromatic carboxylic acids is 1. The molecule has 98 valence electrons. The summed E-state index contributed by atoms with van der Waals surface area (Å²) in [5, 5.41) is 18.2. The van der Waals surface area contributed by atoms with Crippen LogP contribution < -0.4 is 0 Å². The molecule has 2 rings (SSSR count). The molecule has 0 unspecified atom stereocenters. The monoisotopic (exact) mass is 339 g/mol. The summed E-state index contributed by atoms with van der Waals surface area (Å²) in [7, 11) is 0. The Labute approximate surface area is 122 Å². The highest BCUT2D eigenvalue weighted by atomic mass is 79.9. The summed E-state index contributed by atoms with van der Waals surface area (Å²) < 4.78 is 0.788. The summed E-state index contributed by atoms with van der Waals surface area (Å²) in [6, 6.07) is 3.63. The molecule has 0 aliphatic carbocycles. The molecule has 0 spiro atoms. The molecule has 0 radical (unpaired) electrons. The molecule has 0 saturated heterocycles. The molecule has 0 fully saturated rings. The van der Waals surface area contributed by atoms with Gasteiger partial charge in [0.1, 0.15) is 10.1 Å². The van der Waals surface area contributed by atoms with Gasteiger partial charge in [-0.1, -0.05) is 0 Å². The Morgan fingerprint density at radius 2 is 2.05 bits per heavy atom. The number of aromatic nitrogens is 3. The maximum Gasteiger partial charge on any atom is 0.338 e. The number of hydrogen-bond donors (Lipinski definition) is 1. The van der Waals surface area contributed by atoms with Crippen LogP contribution in [0.5, 0.6) is 0 Å². The van der Waals surface area contributed by atoms with E-state index in [1.54, 1.807) is 26.1 Å². The van der Waals surface area contributed by atoms with Crippen LogP contribution in [0, 0.1) is 13.8 Å². The third kappa shape index (κ3) is 2.93. The van der Waals surface area contributed by atoms with Crippen molar-refractivity contribution in [2.75, 3.05) is 0 Å². The van der Waals surface area contributed by atoms with Crippen molar-refractivity contribution in [3.8, 4) is 0 Å². The Bertz CT molecular complexity index is 649. The van der Waals surface area contributed by atoms with Crippen molar-refractivity contribution in [2.24, 2.45) is 0 Å². The zero-order valence-corrected chi connectivity index (χ0v) is 12.6. The van der Waals surface area contributed by atoms with Gasteiger partial charge in [0.2, 0.25) is 0 Å². The van der Waals surface area contributed by atoms with Crippen LogP contribution in [0.3, 0.4) is 0 Å². The van der Waals surface area contributed by atoms with E-state index in [0.717, 1.165) is 4.47 Å². The number of rotatable bonds is 3. The van der Waals surface area contributed by atoms with E-state index in [0.29, 0.717) is 21.3 Å². The smallest absolute Gasteiger partial charge is 0.338 e. The minimum Gasteiger partial charge on any atom is -0.478 e. The molecule has 0 bridgehead atoms. The van der Waals surface area contributed by atoms with Crippen molar-refractivity contribution < 1.29 is 9.90 Å². The number of carboxylic acid groups (broad SMARTS) is 1. The summed E-state index contributed by atoms with van der Waals surface area (Å²) in [5.74, 6) is -1.01. The van der Waals surface area contributed by atoms with Gasteiger partial charge in [-0.15, -0.1) is 5.10 Å². The number of nitrogens with zero attached hydrogens (tertiary/aromatic N) is 3. The van der Waals surface area contributed by atoms with Crippen LogP contribution in [0.25, 0.3) is 0 Å². The lowest BCUT2D eigenvalue weighted by Gasteiger charge is -2.08. The molecule has 0 aliphatic heterocycles. The molecule has 0 atom stereocenters. The van der Waals surface area contributed by atoms with E-state index in [2.05, 4.69) is 31.1 Å². The largest absolute Gasteiger partial charge is 0.478 e. The van der Waals surface area contributed by atoms with Crippen LogP contribution >= 0.6 is 27.7 Å². The van der Waals surface area contributed by atoms with Crippen molar-refractivity contribution in [3.63, 3.8) is 0 Å². The van der Waals surface area contributed by atoms with Gasteiger partial charge in [0, 0.05) is 6.20 Å². The highest BCUT2D eigenvalue weighted by molar-refractivity contribution is 9.10. The Balaban J connectivity index is 2.49. The molecular weight excluding hydrogens is 330 g/mol. The molecule has 0 aliphatic rings. The number of aryl methyl sites for hydroxylation is 1. The first-order valence-corrected chi connectivity index (χ1v) is 6.97. The van der Waals surface area contributed by atoms with Gasteiger partial charge in [-0.25, -0.2) is 9.78 Å². The average Bonchev–Trinajstić information content (AvgIpc) is 2.36. The molecule has 2 aromatic heterocycles. The summed E-state index contributed by atoms with van der Waals surface area (Å²) in [6.45, 7) is 3.46. The molecular formula is C12H10BrN3O2S. The van der Waals surface area contributed by atoms with Gasteiger partial charge < -0.3 is 5.11 Å². The van der Waals surface area contributed by atoms with Gasteiger partial charge in [-0.3, -0.25) is 0 Å². The predicted octanol–water partition coefficient (Wildman–Crippen LogP) is 3.10. The number of pyridine rings is 1. The van der Waals surface area contributed by atoms with Gasteiger partial charge in [-0.05, 0) is 59.2 Å². The lowest BCUT2D eigenvalue weighted by Crippen LogP contribution is -2.08. The normalized spacial score (nSPS) is 10.5. The molecule has 5 nitrogen and oxygen atoms in total. The Morgan fingerprint density at radius 1 is 1.32 bits per heavy atom. The highest BCUT2D eigenvalue weighted by Gasteiger charge is 2.19. The quantitative estimate of drug-likeness (QED) is 0.925. The summed E-state index contributed by atoms with van der Waals surface area (Å²) in [6.07, 6.45) is 1.64. The van der Waals surface area contributed by atoms with E-state index in [9.17, 15) is 9.90 Å². The lowest BCUT2D eigenvalue weighted by molar-refractivity contribution is 0.0690. The first kappa shape index (κ1) is 14.0. The fourth-order valence-electron chi connectivity index (χ4n) is 1.45. The third-order valence-corrected chi connectivity index (χ3v) is 4.45. The van der Waals surface area contributed by atoms with Crippen LogP contribution in [-0.2, 0) is 0 Å². The van der Waals surface area contributed by atoms with Crippen LogP contribution in [0.15, 0.2) is 32.9 Å². The van der Waals surface area contributed by atoms with Gasteiger partial charge in [0.25, 0.3) is 0 Å². The van der Waals surface area contributed by atoms with Gasteiger partial charge in [-0.2, -0.15) is 5.10 Å². The number of carbonyl (C=O) groups is 1. The molecule has 1 N–H and O–H groups in total. The second kappa shape index (κ2) is 5.66. The molecule has 0 aromatic carbocycles. The van der Waals surface area contributed by atoms with Gasteiger partial charge in [0.15, 0.2) is 0 Å². The van der Waals surface area contributed by atoms with E-state index in [-0.39, 0.29) is 5.56 Å². The van der Waals surface area contributed by atoms with Gasteiger partial charge in [0.05, 0.1) is 15.7 Å². The topological polar surface area (TPSA) is 76.0 Å². The Kier molecular flexibility index (Phi) is 4.16. The van der Waals surface area contributed by atoms with Crippen molar-refractivity contribution in [1.82, 2.24) is 15.2 Å². The van der Waals surface area contributed by atoms with Crippen molar-refractivity contribution in [1.29, 1.82) is 0 Å². The van der Waals surface area contributed by atoms with Crippen LogP contribution in [0.2, 0.25) is 0 Å². The zero-order chi connectivity index (χ0) is 14.0. The Hall–Kier alpha value is -1.47. The maximum absolute atomic E-state index is 11.4. The molecule has 7 heteroatoms. The van der Waals surface area contributed by atoms with E-state index in [1.807, 2.05) is 6.07 Å². The SMILES string of the molecule is Cc1nnc(Sc2ncccc2Br)c(C(=O)O)c1C. The van der Waals surface area contributed by atoms with Crippen LogP contribution in [0.4, 0.5) is 0 Å². The van der Waals surface area contributed by atoms with Crippen LogP contribution in [-0.4, -0.2) is 26.3 Å². The summed E-state index contributed by atoms with van der Waals surface area (Å²) in [4.78, 5) is 15.5. The van der Waals surface area contributed by atoms with E-state index < -0.39 is 5.97 Å². The standard InChI is InChI=1S/C12H10BrN3O2S/c1-6-7(2)15-16-11(9(6)12(17)18)19-10-8(13)4-3-5-14-10/h3-5H,1-2H3,(H,17,18). The Morgan fingerprint density at radius 3 is 2.68 bits per heavy atom. The molecule has 0 amide bonds. The lowest BCUT2D eigenvalue weighted by atomic mass is 10.1. The van der Waals surface area contributed by atoms with Crippen molar-refractivity contribution >= 4 is 33.7 Å². The van der Waals surface area contributed by atoms with Crippen LogP contribution in [0.1, 0.15) is 21.6 Å². The number of carboxylic acids is 1. The molecule has 2 aromatic rings. The first-order chi connectivity index (χ1) is 9.00. The second-order valence-corrected chi connectivity index (χ2v) is 5.62. The first-order valence-electron chi connectivity index (χ1n) is 5.36. The van der Waals surface area contributed by atoms with E-state index >= 15 is 0 Å². The molecule has 2 heterocycles. The minimum absolute atomic E-state index is 0.176. The fourth-order valence-corrected chi connectivity index (χ4v) is 2.83. The fraction of sp³-hybridized carbons (Fsp3) is 0.167. The molecule has 0 saturated carbocycles. The van der Waals surface area contributed by atoms with Crippen molar-refractivity contribution in [3.05, 3.63) is 39.6 Å². The maximum atomic E-state index is 11.4. The highest BCUT2D eigenvalue weighted by Crippen LogP contribution is 2.33. The second-order valence-electron chi connectivity index (χ2n) is 3.79. The number of halogens is 1. The summed E-state index contributed by atoms with van der Waals surface area (Å²) in [5.41, 5.74) is 1.41.